The molecule has 3 heterocycles. The van der Waals surface area contributed by atoms with Gasteiger partial charge in [0.15, 0.2) is 5.11 Å². The number of hydrogen-bond donors (Lipinski definition) is 1. The minimum atomic E-state index is -0.0875. The second kappa shape index (κ2) is 8.90. The van der Waals surface area contributed by atoms with Gasteiger partial charge in [0, 0.05) is 23.3 Å². The van der Waals surface area contributed by atoms with Crippen LogP contribution in [0.15, 0.2) is 72.9 Å². The molecule has 2 atom stereocenters. The smallest absolute Gasteiger partial charge is 0.174 e. The third-order valence-electron chi connectivity index (χ3n) is 6.75. The third-order valence-corrected chi connectivity index (χ3v) is 7.38. The zero-order chi connectivity index (χ0) is 24.0. The van der Waals surface area contributed by atoms with Gasteiger partial charge in [-0.2, -0.15) is 0 Å². The van der Waals surface area contributed by atoms with Gasteiger partial charge in [0.25, 0.3) is 0 Å². The van der Waals surface area contributed by atoms with Gasteiger partial charge >= 0.3 is 0 Å². The molecule has 0 bridgehead atoms. The topological polar surface area (TPSA) is 33.1 Å². The number of rotatable bonds is 4. The maximum Gasteiger partial charge on any atom is 0.174 e. The van der Waals surface area contributed by atoms with Crippen molar-refractivity contribution in [3.05, 3.63) is 112 Å². The SMILES string of the molecule is Cc1ccc(N2C(=S)N[C@@H](c3ccccn3)[C@@H]2c2cc(C)n(-c3ccccc3Cl)c2C)cc1C. The fourth-order valence-corrected chi connectivity index (χ4v) is 5.48. The van der Waals surface area contributed by atoms with Crippen LogP contribution in [0.4, 0.5) is 5.69 Å². The number of benzene rings is 2. The van der Waals surface area contributed by atoms with E-state index >= 15 is 0 Å². The van der Waals surface area contributed by atoms with Crippen molar-refractivity contribution in [2.75, 3.05) is 4.90 Å². The molecule has 0 spiro atoms. The van der Waals surface area contributed by atoms with E-state index in [1.165, 1.54) is 16.7 Å². The Morgan fingerprint density at radius 2 is 1.68 bits per heavy atom. The number of thiocarbonyl (C=S) groups is 1. The normalized spacial score (nSPS) is 17.8. The Hall–Kier alpha value is -3.15. The largest absolute Gasteiger partial charge is 0.351 e. The van der Waals surface area contributed by atoms with Crippen molar-refractivity contribution < 1.29 is 0 Å². The van der Waals surface area contributed by atoms with E-state index in [0.29, 0.717) is 5.11 Å². The summed E-state index contributed by atoms with van der Waals surface area (Å²) in [5.74, 6) is 0. The lowest BCUT2D eigenvalue weighted by molar-refractivity contribution is 0.565. The predicted molar refractivity (Wildman–Crippen MR) is 144 cm³/mol. The third kappa shape index (κ3) is 3.79. The van der Waals surface area contributed by atoms with Crippen molar-refractivity contribution in [1.29, 1.82) is 0 Å². The van der Waals surface area contributed by atoms with E-state index in [1.807, 2.05) is 36.5 Å². The van der Waals surface area contributed by atoms with Gasteiger partial charge in [-0.05, 0) is 99.1 Å². The standard InChI is InChI=1S/C28H27ClN4S/c1-17-12-13-21(15-18(17)2)33-27(26(31-28(33)34)24-10-7-8-14-30-24)22-16-19(3)32(20(22)4)25-11-6-5-9-23(25)29/h5-16,26-27H,1-4H3,(H,31,34)/t26-,27-/m0/s1. The molecule has 0 amide bonds. The number of pyridine rings is 1. The van der Waals surface area contributed by atoms with E-state index in [1.54, 1.807) is 0 Å². The molecule has 1 aliphatic heterocycles. The molecular formula is C28H27ClN4S. The van der Waals surface area contributed by atoms with Crippen LogP contribution in [-0.2, 0) is 0 Å². The van der Waals surface area contributed by atoms with Gasteiger partial charge in [-0.1, -0.05) is 35.9 Å². The van der Waals surface area contributed by atoms with Crippen LogP contribution in [0.3, 0.4) is 0 Å². The van der Waals surface area contributed by atoms with Crippen LogP contribution < -0.4 is 10.2 Å². The molecule has 1 aliphatic rings. The molecule has 5 rings (SSSR count). The van der Waals surface area contributed by atoms with E-state index in [2.05, 4.69) is 83.9 Å². The summed E-state index contributed by atoms with van der Waals surface area (Å²) in [6.45, 7) is 8.54. The van der Waals surface area contributed by atoms with Crippen LogP contribution in [0.5, 0.6) is 0 Å². The van der Waals surface area contributed by atoms with Crippen molar-refractivity contribution in [1.82, 2.24) is 14.9 Å². The number of nitrogens with zero attached hydrogens (tertiary/aromatic N) is 3. The van der Waals surface area contributed by atoms with Crippen molar-refractivity contribution in [2.24, 2.45) is 0 Å². The van der Waals surface area contributed by atoms with Gasteiger partial charge in [-0.25, -0.2) is 0 Å². The highest BCUT2D eigenvalue weighted by molar-refractivity contribution is 7.80. The first kappa shape index (κ1) is 22.6. The Kier molecular flexibility index (Phi) is 5.92. The Balaban J connectivity index is 1.70. The van der Waals surface area contributed by atoms with Crippen LogP contribution in [0.1, 0.15) is 45.9 Å². The summed E-state index contributed by atoms with van der Waals surface area (Å²) in [7, 11) is 0. The predicted octanol–water partition coefficient (Wildman–Crippen LogP) is 6.94. The summed E-state index contributed by atoms with van der Waals surface area (Å²) in [6, 6.07) is 22.6. The van der Waals surface area contributed by atoms with Crippen LogP contribution in [0.2, 0.25) is 5.02 Å². The lowest BCUT2D eigenvalue weighted by atomic mass is 9.96. The van der Waals surface area contributed by atoms with Gasteiger partial charge in [0.2, 0.25) is 0 Å². The Morgan fingerprint density at radius 1 is 0.912 bits per heavy atom. The average Bonchev–Trinajstić information content (AvgIpc) is 3.32. The Bertz CT molecular complexity index is 1380. The molecule has 1 N–H and O–H groups in total. The maximum absolute atomic E-state index is 6.60. The molecule has 172 valence electrons. The Labute approximate surface area is 211 Å². The average molecular weight is 487 g/mol. The molecule has 1 fully saturated rings. The lowest BCUT2D eigenvalue weighted by Gasteiger charge is -2.28. The summed E-state index contributed by atoms with van der Waals surface area (Å²) >= 11 is 12.5. The first-order valence-electron chi connectivity index (χ1n) is 11.4. The molecule has 4 nitrogen and oxygen atoms in total. The highest BCUT2D eigenvalue weighted by Gasteiger charge is 2.42. The molecule has 2 aromatic heterocycles. The van der Waals surface area contributed by atoms with Crippen LogP contribution >= 0.6 is 23.8 Å². The molecule has 6 heteroatoms. The molecule has 2 aromatic carbocycles. The number of halogens is 1. The van der Waals surface area contributed by atoms with Gasteiger partial charge < -0.3 is 14.8 Å². The van der Waals surface area contributed by atoms with E-state index < -0.39 is 0 Å². The first-order valence-corrected chi connectivity index (χ1v) is 12.2. The summed E-state index contributed by atoms with van der Waals surface area (Å²) in [4.78, 5) is 6.92. The van der Waals surface area contributed by atoms with Crippen molar-refractivity contribution >= 4 is 34.6 Å². The number of hydrogen-bond acceptors (Lipinski definition) is 2. The van der Waals surface area contributed by atoms with Crippen LogP contribution in [-0.4, -0.2) is 14.7 Å². The van der Waals surface area contributed by atoms with Gasteiger partial charge in [0.1, 0.15) is 0 Å². The highest BCUT2D eigenvalue weighted by Crippen LogP contribution is 2.44. The quantitative estimate of drug-likeness (QED) is 0.317. The van der Waals surface area contributed by atoms with E-state index in [4.69, 9.17) is 23.8 Å². The summed E-state index contributed by atoms with van der Waals surface area (Å²) in [5.41, 5.74) is 8.97. The minimum Gasteiger partial charge on any atom is -0.351 e. The maximum atomic E-state index is 6.60. The van der Waals surface area contributed by atoms with Crippen molar-refractivity contribution in [3.8, 4) is 5.69 Å². The van der Waals surface area contributed by atoms with Gasteiger partial charge in [-0.15, -0.1) is 0 Å². The second-order valence-electron chi connectivity index (χ2n) is 8.88. The molecule has 1 saturated heterocycles. The van der Waals surface area contributed by atoms with Gasteiger partial charge in [-0.3, -0.25) is 4.98 Å². The molecule has 34 heavy (non-hydrogen) atoms. The van der Waals surface area contributed by atoms with Gasteiger partial charge in [0.05, 0.1) is 28.5 Å². The highest BCUT2D eigenvalue weighted by atomic mass is 35.5. The Morgan fingerprint density at radius 3 is 2.38 bits per heavy atom. The monoisotopic (exact) mass is 486 g/mol. The summed E-state index contributed by atoms with van der Waals surface area (Å²) < 4.78 is 2.23. The number of aromatic nitrogens is 2. The van der Waals surface area contributed by atoms with Crippen molar-refractivity contribution in [2.45, 2.75) is 39.8 Å². The molecular weight excluding hydrogens is 460 g/mol. The fraction of sp³-hybridized carbons (Fsp3) is 0.214. The molecule has 0 radical (unpaired) electrons. The number of nitrogens with one attached hydrogen (secondary N) is 1. The number of aryl methyl sites for hydroxylation is 3. The number of anilines is 1. The minimum absolute atomic E-state index is 0.0630. The fourth-order valence-electron chi connectivity index (χ4n) is 4.92. The van der Waals surface area contributed by atoms with E-state index in [0.717, 1.165) is 33.5 Å². The summed E-state index contributed by atoms with van der Waals surface area (Å²) in [5, 5.41) is 4.99. The number of para-hydroxylation sites is 1. The second-order valence-corrected chi connectivity index (χ2v) is 9.67. The molecule has 0 unspecified atom stereocenters. The van der Waals surface area contributed by atoms with Crippen molar-refractivity contribution in [3.63, 3.8) is 0 Å². The molecule has 4 aromatic rings. The molecule has 0 saturated carbocycles. The van der Waals surface area contributed by atoms with E-state index in [-0.39, 0.29) is 12.1 Å². The van der Waals surface area contributed by atoms with Crippen LogP contribution in [0, 0.1) is 27.7 Å². The van der Waals surface area contributed by atoms with E-state index in [9.17, 15) is 0 Å². The zero-order valence-corrected chi connectivity index (χ0v) is 21.3. The molecule has 0 aliphatic carbocycles. The lowest BCUT2D eigenvalue weighted by Crippen LogP contribution is -2.29. The first-order chi connectivity index (χ1) is 16.4. The van der Waals surface area contributed by atoms with Crippen LogP contribution in [0.25, 0.3) is 5.69 Å². The zero-order valence-electron chi connectivity index (χ0n) is 19.7. The summed E-state index contributed by atoms with van der Waals surface area (Å²) in [6.07, 6.45) is 1.84.